The fraction of sp³-hybridized carbons (Fsp3) is 0. The van der Waals surface area contributed by atoms with Crippen molar-refractivity contribution in [3.05, 3.63) is 146 Å². The zero-order valence-corrected chi connectivity index (χ0v) is 24.6. The smallest absolute Gasteiger partial charge is 0.168 e. The standard InChI is InChI=1S/C42H24N4/c1-2-13-26(14-3-1)38-29-17-6-7-18-31(29)42(44-43-38)46-39-27-15-5-4-12-25(27)22-23-30(39)34-24-33-28-16-8-10-20-35(28)45-36-21-11-9-19-32(36)37(40(33)45)41(34)46/h1-24H. The Hall–Kier alpha value is -6.26. The fourth-order valence-corrected chi connectivity index (χ4v) is 8.04. The van der Waals surface area contributed by atoms with Crippen LogP contribution in [-0.4, -0.2) is 19.2 Å². The molecule has 7 aromatic carbocycles. The van der Waals surface area contributed by atoms with Crippen molar-refractivity contribution in [2.45, 2.75) is 0 Å². The summed E-state index contributed by atoms with van der Waals surface area (Å²) >= 11 is 0. The molecular formula is C42H24N4. The van der Waals surface area contributed by atoms with E-state index in [1.165, 1.54) is 65.2 Å². The van der Waals surface area contributed by atoms with E-state index < -0.39 is 0 Å². The summed E-state index contributed by atoms with van der Waals surface area (Å²) in [6, 6.07) is 52.2. The van der Waals surface area contributed by atoms with E-state index in [2.05, 4.69) is 148 Å². The second-order valence-corrected chi connectivity index (χ2v) is 12.2. The van der Waals surface area contributed by atoms with Crippen LogP contribution < -0.4 is 0 Å². The molecule has 0 saturated carbocycles. The van der Waals surface area contributed by atoms with Crippen LogP contribution in [0.4, 0.5) is 0 Å². The summed E-state index contributed by atoms with van der Waals surface area (Å²) in [6.07, 6.45) is 0. The molecule has 0 aliphatic rings. The highest BCUT2D eigenvalue weighted by molar-refractivity contribution is 6.35. The molecule has 0 aliphatic carbocycles. The van der Waals surface area contributed by atoms with Gasteiger partial charge in [0.1, 0.15) is 5.69 Å². The molecule has 0 unspecified atom stereocenters. The Morgan fingerprint density at radius 3 is 1.85 bits per heavy atom. The molecule has 0 fully saturated rings. The molecule has 0 amide bonds. The third kappa shape index (κ3) is 2.94. The monoisotopic (exact) mass is 584 g/mol. The number of para-hydroxylation sites is 2. The predicted molar refractivity (Wildman–Crippen MR) is 191 cm³/mol. The normalized spacial score (nSPS) is 12.3. The van der Waals surface area contributed by atoms with E-state index in [4.69, 9.17) is 10.2 Å². The number of aromatic nitrogens is 4. The SMILES string of the molecule is c1ccc(-c2nnc(-n3c4c5ccccc5ccc4c4cc5c6ccccc6n6c7ccccc7c(c43)c56)c3ccccc23)cc1. The zero-order chi connectivity index (χ0) is 29.9. The first-order valence-electron chi connectivity index (χ1n) is 15.7. The minimum Gasteiger partial charge on any atom is -0.308 e. The van der Waals surface area contributed by atoms with Gasteiger partial charge in [0.15, 0.2) is 5.82 Å². The van der Waals surface area contributed by atoms with Crippen LogP contribution in [-0.2, 0) is 0 Å². The molecule has 0 aliphatic heterocycles. The molecule has 4 heteroatoms. The van der Waals surface area contributed by atoms with E-state index in [0.29, 0.717) is 0 Å². The molecule has 0 atom stereocenters. The quantitative estimate of drug-likeness (QED) is 0.203. The van der Waals surface area contributed by atoms with Crippen molar-refractivity contribution in [2.24, 2.45) is 0 Å². The van der Waals surface area contributed by atoms with Crippen molar-refractivity contribution < 1.29 is 0 Å². The van der Waals surface area contributed by atoms with Gasteiger partial charge < -0.3 is 4.40 Å². The highest BCUT2D eigenvalue weighted by atomic mass is 15.2. The van der Waals surface area contributed by atoms with Gasteiger partial charge in [-0.1, -0.05) is 127 Å². The van der Waals surface area contributed by atoms with Crippen LogP contribution in [0.25, 0.3) is 98.5 Å². The van der Waals surface area contributed by atoms with E-state index >= 15 is 0 Å². The first-order chi connectivity index (χ1) is 22.9. The van der Waals surface area contributed by atoms with Gasteiger partial charge in [0.25, 0.3) is 0 Å². The number of nitrogens with zero attached hydrogens (tertiary/aromatic N) is 4. The van der Waals surface area contributed by atoms with Crippen LogP contribution in [0.2, 0.25) is 0 Å². The van der Waals surface area contributed by atoms with Crippen LogP contribution >= 0.6 is 0 Å². The van der Waals surface area contributed by atoms with Gasteiger partial charge in [-0.2, -0.15) is 0 Å². The van der Waals surface area contributed by atoms with Crippen LogP contribution in [0.3, 0.4) is 0 Å². The molecule has 4 heterocycles. The summed E-state index contributed by atoms with van der Waals surface area (Å²) < 4.78 is 4.87. The van der Waals surface area contributed by atoms with E-state index in [1.807, 2.05) is 6.07 Å². The average molecular weight is 585 g/mol. The van der Waals surface area contributed by atoms with E-state index in [1.54, 1.807) is 0 Å². The highest BCUT2D eigenvalue weighted by Gasteiger charge is 2.26. The summed E-state index contributed by atoms with van der Waals surface area (Å²) in [6.45, 7) is 0. The lowest BCUT2D eigenvalue weighted by atomic mass is 10.0. The molecule has 11 aromatic rings. The number of fused-ring (bicyclic) bond motifs is 13. The van der Waals surface area contributed by atoms with Gasteiger partial charge in [-0.25, -0.2) is 0 Å². The van der Waals surface area contributed by atoms with Crippen LogP contribution in [0.5, 0.6) is 0 Å². The second kappa shape index (κ2) is 8.68. The van der Waals surface area contributed by atoms with Gasteiger partial charge in [0.05, 0.1) is 27.6 Å². The first-order valence-corrected chi connectivity index (χ1v) is 15.7. The molecule has 4 aromatic heterocycles. The number of hydrogen-bond acceptors (Lipinski definition) is 2. The molecule has 212 valence electrons. The van der Waals surface area contributed by atoms with Crippen molar-refractivity contribution in [2.75, 3.05) is 0 Å². The Balaban J connectivity index is 1.43. The second-order valence-electron chi connectivity index (χ2n) is 12.2. The lowest BCUT2D eigenvalue weighted by Gasteiger charge is -2.14. The maximum atomic E-state index is 5.11. The zero-order valence-electron chi connectivity index (χ0n) is 24.6. The molecular weight excluding hydrogens is 560 g/mol. The van der Waals surface area contributed by atoms with Crippen LogP contribution in [0, 0.1) is 0 Å². The molecule has 46 heavy (non-hydrogen) atoms. The van der Waals surface area contributed by atoms with Crippen molar-refractivity contribution in [3.8, 4) is 17.1 Å². The number of rotatable bonds is 2. The Labute approximate surface area is 262 Å². The average Bonchev–Trinajstić information content (AvgIpc) is 3.76. The van der Waals surface area contributed by atoms with Crippen LogP contribution in [0.15, 0.2) is 146 Å². The Morgan fingerprint density at radius 2 is 1.02 bits per heavy atom. The summed E-state index contributed by atoms with van der Waals surface area (Å²) in [5, 5.41) is 22.1. The molecule has 0 N–H and O–H groups in total. The number of benzene rings is 7. The summed E-state index contributed by atoms with van der Waals surface area (Å²) in [5.41, 5.74) is 7.97. The van der Waals surface area contributed by atoms with E-state index in [-0.39, 0.29) is 0 Å². The van der Waals surface area contributed by atoms with Crippen molar-refractivity contribution in [3.63, 3.8) is 0 Å². The maximum Gasteiger partial charge on any atom is 0.168 e. The molecule has 11 rings (SSSR count). The molecule has 0 saturated heterocycles. The third-order valence-electron chi connectivity index (χ3n) is 9.91. The Kier molecular flexibility index (Phi) is 4.55. The van der Waals surface area contributed by atoms with Gasteiger partial charge in [-0.3, -0.25) is 4.57 Å². The molecule has 0 spiro atoms. The molecule has 4 nitrogen and oxygen atoms in total. The Morgan fingerprint density at radius 1 is 0.391 bits per heavy atom. The van der Waals surface area contributed by atoms with E-state index in [0.717, 1.165) is 33.4 Å². The minimum atomic E-state index is 0.842. The van der Waals surface area contributed by atoms with E-state index in [9.17, 15) is 0 Å². The maximum absolute atomic E-state index is 5.11. The van der Waals surface area contributed by atoms with Gasteiger partial charge in [-0.15, -0.1) is 10.2 Å². The summed E-state index contributed by atoms with van der Waals surface area (Å²) in [7, 11) is 0. The predicted octanol–water partition coefficient (Wildman–Crippen LogP) is 10.7. The van der Waals surface area contributed by atoms with Gasteiger partial charge >= 0.3 is 0 Å². The van der Waals surface area contributed by atoms with Crippen molar-refractivity contribution >= 4 is 81.4 Å². The lowest BCUT2D eigenvalue weighted by Crippen LogP contribution is -2.03. The Bertz CT molecular complexity index is 3020. The van der Waals surface area contributed by atoms with Gasteiger partial charge in [0.2, 0.25) is 0 Å². The number of hydrogen-bond donors (Lipinski definition) is 0. The van der Waals surface area contributed by atoms with Crippen LogP contribution in [0.1, 0.15) is 0 Å². The molecule has 0 bridgehead atoms. The molecule has 0 radical (unpaired) electrons. The van der Waals surface area contributed by atoms with Gasteiger partial charge in [0, 0.05) is 54.0 Å². The summed E-state index contributed by atoms with van der Waals surface area (Å²) in [4.78, 5) is 0. The topological polar surface area (TPSA) is 35.1 Å². The highest BCUT2D eigenvalue weighted by Crippen LogP contribution is 2.47. The lowest BCUT2D eigenvalue weighted by molar-refractivity contribution is 0.980. The first kappa shape index (κ1) is 24.1. The minimum absolute atomic E-state index is 0.842. The van der Waals surface area contributed by atoms with Crippen molar-refractivity contribution in [1.29, 1.82) is 0 Å². The van der Waals surface area contributed by atoms with Crippen molar-refractivity contribution in [1.82, 2.24) is 19.2 Å². The summed E-state index contributed by atoms with van der Waals surface area (Å²) in [5.74, 6) is 0.842. The fourth-order valence-electron chi connectivity index (χ4n) is 8.04. The third-order valence-corrected chi connectivity index (χ3v) is 9.91. The van der Waals surface area contributed by atoms with Gasteiger partial charge in [-0.05, 0) is 23.6 Å². The largest absolute Gasteiger partial charge is 0.308 e.